The third kappa shape index (κ3) is 9.59. The zero-order valence-corrected chi connectivity index (χ0v) is 9.84. The van der Waals surface area contributed by atoms with E-state index in [4.69, 9.17) is 0 Å². The summed E-state index contributed by atoms with van der Waals surface area (Å²) in [6.07, 6.45) is 5.90. The van der Waals surface area contributed by atoms with Gasteiger partial charge in [-0.1, -0.05) is 23.3 Å². The van der Waals surface area contributed by atoms with Crippen molar-refractivity contribution in [3.05, 3.63) is 23.3 Å². The Morgan fingerprint density at radius 1 is 1.36 bits per heavy atom. The van der Waals surface area contributed by atoms with Gasteiger partial charge < -0.3 is 4.89 Å². The normalized spacial score (nSPS) is 12.6. The Bertz CT molecular complexity index is 240. The molecule has 14 heavy (non-hydrogen) atoms. The molecular formula is C10H17O3P. The standard InChI is InChI=1S/C10H17O3P/c1-9(2)5-4-6-10(3)7-8-13-14(11)12/h5,7H,4,6,8H2,1-3H3/b10-7+. The first kappa shape index (κ1) is 13.5. The highest BCUT2D eigenvalue weighted by Crippen LogP contribution is 2.10. The molecule has 0 amide bonds. The number of hydrogen-bond donors (Lipinski definition) is 0. The summed E-state index contributed by atoms with van der Waals surface area (Å²) in [7, 11) is -2.71. The summed E-state index contributed by atoms with van der Waals surface area (Å²) in [5.74, 6) is 0. The Hall–Kier alpha value is -0.500. The maximum atomic E-state index is 10.1. The van der Waals surface area contributed by atoms with Crippen LogP contribution in [0.1, 0.15) is 33.6 Å². The molecule has 0 heterocycles. The molecule has 0 aromatic rings. The van der Waals surface area contributed by atoms with Gasteiger partial charge in [0.1, 0.15) is 6.61 Å². The second kappa shape index (κ2) is 7.86. The molecule has 0 fully saturated rings. The number of rotatable bonds is 6. The topological polar surface area (TPSA) is 49.4 Å². The first-order valence-electron chi connectivity index (χ1n) is 4.58. The molecule has 0 saturated carbocycles. The molecule has 1 atom stereocenters. The summed E-state index contributed by atoms with van der Waals surface area (Å²) in [5, 5.41) is 0. The van der Waals surface area contributed by atoms with E-state index in [2.05, 4.69) is 24.4 Å². The van der Waals surface area contributed by atoms with Gasteiger partial charge in [0.15, 0.2) is 0 Å². The molecule has 3 nitrogen and oxygen atoms in total. The maximum Gasteiger partial charge on any atom is 0.488 e. The molecule has 0 aliphatic rings. The van der Waals surface area contributed by atoms with Crippen LogP contribution >= 0.6 is 8.25 Å². The molecule has 0 aromatic heterocycles. The van der Waals surface area contributed by atoms with Gasteiger partial charge in [0.2, 0.25) is 0 Å². The molecule has 0 spiro atoms. The van der Waals surface area contributed by atoms with E-state index in [1.165, 1.54) is 5.57 Å². The summed E-state index contributed by atoms with van der Waals surface area (Å²) in [4.78, 5) is 10.1. The summed E-state index contributed by atoms with van der Waals surface area (Å²) in [6.45, 7) is 6.24. The van der Waals surface area contributed by atoms with Crippen molar-refractivity contribution in [2.24, 2.45) is 0 Å². The molecule has 1 unspecified atom stereocenters. The lowest BCUT2D eigenvalue weighted by molar-refractivity contribution is -0.184. The third-order valence-electron chi connectivity index (χ3n) is 1.70. The molecule has 0 aliphatic heterocycles. The minimum absolute atomic E-state index is 0.152. The smallest absolute Gasteiger partial charge is 0.488 e. The SMILES string of the molecule is CC(C)=CCC/C(C)=C/CO[P+](=O)[O-]. The highest BCUT2D eigenvalue weighted by atomic mass is 31.1. The van der Waals surface area contributed by atoms with Crippen molar-refractivity contribution in [2.75, 3.05) is 6.61 Å². The van der Waals surface area contributed by atoms with Crippen molar-refractivity contribution < 1.29 is 14.0 Å². The molecule has 0 aliphatic carbocycles. The van der Waals surface area contributed by atoms with E-state index in [1.54, 1.807) is 6.08 Å². The van der Waals surface area contributed by atoms with Crippen LogP contribution < -0.4 is 4.89 Å². The highest BCUT2D eigenvalue weighted by Gasteiger charge is 1.97. The van der Waals surface area contributed by atoms with Crippen LogP contribution in [0.2, 0.25) is 0 Å². The van der Waals surface area contributed by atoms with Gasteiger partial charge in [-0.25, -0.2) is 0 Å². The van der Waals surface area contributed by atoms with Crippen LogP contribution in [0.4, 0.5) is 0 Å². The van der Waals surface area contributed by atoms with Gasteiger partial charge in [-0.15, -0.1) is 4.52 Å². The van der Waals surface area contributed by atoms with Crippen LogP contribution in [0.5, 0.6) is 0 Å². The van der Waals surface area contributed by atoms with Gasteiger partial charge >= 0.3 is 8.25 Å². The van der Waals surface area contributed by atoms with Crippen LogP contribution in [0.3, 0.4) is 0 Å². The lowest BCUT2D eigenvalue weighted by atomic mass is 10.1. The fourth-order valence-electron chi connectivity index (χ4n) is 0.931. The van der Waals surface area contributed by atoms with E-state index >= 15 is 0 Å². The third-order valence-corrected chi connectivity index (χ3v) is 2.06. The summed E-state index contributed by atoms with van der Waals surface area (Å²) in [5.41, 5.74) is 2.45. The van der Waals surface area contributed by atoms with E-state index in [0.717, 1.165) is 18.4 Å². The Morgan fingerprint density at radius 2 is 2.00 bits per heavy atom. The fraction of sp³-hybridized carbons (Fsp3) is 0.600. The molecule has 4 heteroatoms. The van der Waals surface area contributed by atoms with Gasteiger partial charge in [0.25, 0.3) is 0 Å². The summed E-state index contributed by atoms with van der Waals surface area (Å²) >= 11 is 0. The lowest BCUT2D eigenvalue weighted by Crippen LogP contribution is -1.92. The van der Waals surface area contributed by atoms with E-state index in [0.29, 0.717) is 0 Å². The molecular weight excluding hydrogens is 199 g/mol. The van der Waals surface area contributed by atoms with E-state index in [9.17, 15) is 9.46 Å². The number of allylic oxidation sites excluding steroid dienone is 3. The minimum atomic E-state index is -2.71. The molecule has 0 N–H and O–H groups in total. The highest BCUT2D eigenvalue weighted by molar-refractivity contribution is 7.30. The average molecular weight is 216 g/mol. The molecule has 0 radical (unpaired) electrons. The first-order chi connectivity index (χ1) is 6.52. The zero-order chi connectivity index (χ0) is 11.0. The van der Waals surface area contributed by atoms with Crippen LogP contribution in [0.25, 0.3) is 0 Å². The van der Waals surface area contributed by atoms with Gasteiger partial charge in [0.05, 0.1) is 0 Å². The lowest BCUT2D eigenvalue weighted by Gasteiger charge is -1.97. The quantitative estimate of drug-likeness (QED) is 0.506. The van der Waals surface area contributed by atoms with Crippen LogP contribution in [0, 0.1) is 0 Å². The second-order valence-electron chi connectivity index (χ2n) is 3.39. The van der Waals surface area contributed by atoms with Crippen LogP contribution in [-0.2, 0) is 9.09 Å². The first-order valence-corrected chi connectivity index (χ1v) is 5.68. The zero-order valence-electron chi connectivity index (χ0n) is 8.95. The molecule has 0 bridgehead atoms. The number of hydrogen-bond acceptors (Lipinski definition) is 3. The van der Waals surface area contributed by atoms with E-state index in [1.807, 2.05) is 6.92 Å². The summed E-state index contributed by atoms with van der Waals surface area (Å²) < 4.78 is 14.5. The minimum Gasteiger partial charge on any atom is -0.566 e. The maximum absolute atomic E-state index is 10.1. The Morgan fingerprint density at radius 3 is 2.50 bits per heavy atom. The van der Waals surface area contributed by atoms with Gasteiger partial charge in [-0.3, -0.25) is 0 Å². The predicted octanol–water partition coefficient (Wildman–Crippen LogP) is 2.71. The molecule has 0 saturated heterocycles. The van der Waals surface area contributed by atoms with Crippen molar-refractivity contribution in [3.8, 4) is 0 Å². The van der Waals surface area contributed by atoms with Crippen molar-refractivity contribution in [1.82, 2.24) is 0 Å². The van der Waals surface area contributed by atoms with Crippen molar-refractivity contribution in [1.29, 1.82) is 0 Å². The van der Waals surface area contributed by atoms with Crippen molar-refractivity contribution in [2.45, 2.75) is 33.6 Å². The van der Waals surface area contributed by atoms with Crippen molar-refractivity contribution >= 4 is 8.25 Å². The predicted molar refractivity (Wildman–Crippen MR) is 56.0 cm³/mol. The van der Waals surface area contributed by atoms with Crippen molar-refractivity contribution in [3.63, 3.8) is 0 Å². The van der Waals surface area contributed by atoms with Crippen LogP contribution in [-0.4, -0.2) is 6.61 Å². The van der Waals surface area contributed by atoms with E-state index < -0.39 is 8.25 Å². The Balaban J connectivity index is 3.67. The Kier molecular flexibility index (Phi) is 7.58. The molecule has 0 rings (SSSR count). The van der Waals surface area contributed by atoms with E-state index in [-0.39, 0.29) is 6.61 Å². The second-order valence-corrected chi connectivity index (χ2v) is 4.10. The van der Waals surface area contributed by atoms with Crippen LogP contribution in [0.15, 0.2) is 23.3 Å². The fourth-order valence-corrected chi connectivity index (χ4v) is 1.13. The average Bonchev–Trinajstić information content (AvgIpc) is 2.02. The van der Waals surface area contributed by atoms with Gasteiger partial charge in [0, 0.05) is 0 Å². The largest absolute Gasteiger partial charge is 0.566 e. The molecule has 0 aromatic carbocycles. The Labute approximate surface area is 86.4 Å². The monoisotopic (exact) mass is 216 g/mol. The van der Waals surface area contributed by atoms with Gasteiger partial charge in [-0.2, -0.15) is 0 Å². The van der Waals surface area contributed by atoms with Gasteiger partial charge in [-0.05, 0) is 38.2 Å². The summed E-state index contributed by atoms with van der Waals surface area (Å²) in [6, 6.07) is 0. The molecule has 80 valence electrons.